The molecule has 0 bridgehead atoms. The number of nitrogens with one attached hydrogen (secondary N) is 1. The molecule has 1 aromatic carbocycles. The normalized spacial score (nSPS) is 17.0. The summed E-state index contributed by atoms with van der Waals surface area (Å²) < 4.78 is 0. The third kappa shape index (κ3) is 2.08. The molecule has 0 amide bonds. The van der Waals surface area contributed by atoms with E-state index in [9.17, 15) is 0 Å². The Kier molecular flexibility index (Phi) is 2.87. The molecular weight excluding hydrogens is 210 g/mol. The molecular formula is C14H19N3. The number of aromatic amines is 1. The molecule has 17 heavy (non-hydrogen) atoms. The van der Waals surface area contributed by atoms with Crippen molar-refractivity contribution >= 4 is 10.9 Å². The Morgan fingerprint density at radius 3 is 2.82 bits per heavy atom. The van der Waals surface area contributed by atoms with Gasteiger partial charge in [-0.15, -0.1) is 0 Å². The molecule has 90 valence electrons. The number of hydrogen-bond donors (Lipinski definition) is 2. The summed E-state index contributed by atoms with van der Waals surface area (Å²) in [6.45, 7) is 4.12. The Bertz CT molecular complexity index is 509. The highest BCUT2D eigenvalue weighted by molar-refractivity contribution is 5.83. The molecule has 0 aliphatic carbocycles. The molecule has 3 N–H and O–H groups in total. The first-order valence-corrected chi connectivity index (χ1v) is 6.39. The van der Waals surface area contributed by atoms with E-state index in [-0.39, 0.29) is 0 Å². The lowest BCUT2D eigenvalue weighted by molar-refractivity contribution is 0.328. The standard InChI is InChI=1S/C14H19N3/c15-9-11-4-3-5-14-13(11)8-12(16-14)10-17-6-1-2-7-17/h3-5,8,16H,1-2,6-7,9-10,15H2. The number of hydrogen-bond acceptors (Lipinski definition) is 2. The van der Waals surface area contributed by atoms with Crippen LogP contribution in [0.2, 0.25) is 0 Å². The van der Waals surface area contributed by atoms with Gasteiger partial charge >= 0.3 is 0 Å². The van der Waals surface area contributed by atoms with Gasteiger partial charge in [0, 0.05) is 29.7 Å². The first-order valence-electron chi connectivity index (χ1n) is 6.39. The van der Waals surface area contributed by atoms with E-state index in [0.29, 0.717) is 6.54 Å². The van der Waals surface area contributed by atoms with Crippen LogP contribution < -0.4 is 5.73 Å². The molecule has 2 aromatic rings. The zero-order valence-electron chi connectivity index (χ0n) is 10.1. The number of fused-ring (bicyclic) bond motifs is 1. The Morgan fingerprint density at radius 2 is 2.06 bits per heavy atom. The van der Waals surface area contributed by atoms with Gasteiger partial charge in [0.25, 0.3) is 0 Å². The maximum atomic E-state index is 5.76. The average Bonchev–Trinajstić information content (AvgIpc) is 2.97. The second kappa shape index (κ2) is 4.51. The predicted molar refractivity (Wildman–Crippen MR) is 70.7 cm³/mol. The fourth-order valence-electron chi connectivity index (χ4n) is 2.72. The van der Waals surface area contributed by atoms with Crippen LogP contribution >= 0.6 is 0 Å². The van der Waals surface area contributed by atoms with Crippen molar-refractivity contribution in [2.24, 2.45) is 5.73 Å². The number of benzene rings is 1. The predicted octanol–water partition coefficient (Wildman–Crippen LogP) is 2.22. The Morgan fingerprint density at radius 1 is 1.24 bits per heavy atom. The topological polar surface area (TPSA) is 45.1 Å². The van der Waals surface area contributed by atoms with Crippen LogP contribution in [0.1, 0.15) is 24.1 Å². The third-order valence-electron chi connectivity index (χ3n) is 3.62. The number of nitrogens with two attached hydrogens (primary N) is 1. The van der Waals surface area contributed by atoms with E-state index >= 15 is 0 Å². The highest BCUT2D eigenvalue weighted by atomic mass is 15.1. The molecule has 1 saturated heterocycles. The Labute approximate surface area is 102 Å². The van der Waals surface area contributed by atoms with Gasteiger partial charge in [-0.2, -0.15) is 0 Å². The minimum absolute atomic E-state index is 0.609. The highest BCUT2D eigenvalue weighted by Gasteiger charge is 2.13. The van der Waals surface area contributed by atoms with Crippen LogP contribution in [0, 0.1) is 0 Å². The van der Waals surface area contributed by atoms with E-state index in [1.807, 2.05) is 0 Å². The van der Waals surface area contributed by atoms with Crippen LogP contribution in [-0.4, -0.2) is 23.0 Å². The van der Waals surface area contributed by atoms with E-state index in [4.69, 9.17) is 5.73 Å². The smallest absolute Gasteiger partial charge is 0.0459 e. The lowest BCUT2D eigenvalue weighted by Gasteiger charge is -2.12. The van der Waals surface area contributed by atoms with Gasteiger partial charge in [-0.25, -0.2) is 0 Å². The number of rotatable bonds is 3. The van der Waals surface area contributed by atoms with Crippen LogP contribution in [0.3, 0.4) is 0 Å². The van der Waals surface area contributed by atoms with Crippen molar-refractivity contribution in [3.8, 4) is 0 Å². The minimum atomic E-state index is 0.609. The number of H-pyrrole nitrogens is 1. The SMILES string of the molecule is NCc1cccc2[nH]c(CN3CCCC3)cc12. The van der Waals surface area contributed by atoms with E-state index in [1.54, 1.807) is 0 Å². The van der Waals surface area contributed by atoms with E-state index in [1.165, 1.54) is 48.1 Å². The zero-order chi connectivity index (χ0) is 11.7. The number of aromatic nitrogens is 1. The second-order valence-electron chi connectivity index (χ2n) is 4.86. The minimum Gasteiger partial charge on any atom is -0.357 e. The monoisotopic (exact) mass is 229 g/mol. The molecule has 0 radical (unpaired) electrons. The van der Waals surface area contributed by atoms with E-state index < -0.39 is 0 Å². The first kappa shape index (κ1) is 10.8. The van der Waals surface area contributed by atoms with Crippen LogP contribution in [0.4, 0.5) is 0 Å². The molecule has 0 atom stereocenters. The lowest BCUT2D eigenvalue weighted by Crippen LogP contribution is -2.18. The van der Waals surface area contributed by atoms with Crippen molar-refractivity contribution in [3.05, 3.63) is 35.5 Å². The van der Waals surface area contributed by atoms with Crippen molar-refractivity contribution < 1.29 is 0 Å². The molecule has 0 spiro atoms. The molecule has 3 rings (SSSR count). The summed E-state index contributed by atoms with van der Waals surface area (Å²) in [7, 11) is 0. The Hall–Kier alpha value is -1.32. The zero-order valence-corrected chi connectivity index (χ0v) is 10.1. The van der Waals surface area contributed by atoms with Crippen LogP contribution in [0.25, 0.3) is 10.9 Å². The fourth-order valence-corrected chi connectivity index (χ4v) is 2.72. The molecule has 0 saturated carbocycles. The van der Waals surface area contributed by atoms with Gasteiger partial charge in [0.1, 0.15) is 0 Å². The molecule has 0 unspecified atom stereocenters. The van der Waals surface area contributed by atoms with Crippen LogP contribution in [0.5, 0.6) is 0 Å². The van der Waals surface area contributed by atoms with Crippen molar-refractivity contribution in [1.82, 2.24) is 9.88 Å². The highest BCUT2D eigenvalue weighted by Crippen LogP contribution is 2.21. The molecule has 1 aromatic heterocycles. The Balaban J connectivity index is 1.90. The number of likely N-dealkylation sites (tertiary alicyclic amines) is 1. The van der Waals surface area contributed by atoms with Gasteiger partial charge in [0.05, 0.1) is 0 Å². The largest absolute Gasteiger partial charge is 0.357 e. The van der Waals surface area contributed by atoms with Gasteiger partial charge in [-0.05, 0) is 43.6 Å². The van der Waals surface area contributed by atoms with E-state index in [2.05, 4.69) is 34.1 Å². The molecule has 2 heterocycles. The molecule has 3 heteroatoms. The number of nitrogens with zero attached hydrogens (tertiary/aromatic N) is 1. The van der Waals surface area contributed by atoms with Gasteiger partial charge in [0.15, 0.2) is 0 Å². The summed E-state index contributed by atoms with van der Waals surface area (Å²) in [6, 6.07) is 8.56. The van der Waals surface area contributed by atoms with E-state index in [0.717, 1.165) is 6.54 Å². The third-order valence-corrected chi connectivity index (χ3v) is 3.62. The van der Waals surface area contributed by atoms with Gasteiger partial charge in [-0.1, -0.05) is 12.1 Å². The summed E-state index contributed by atoms with van der Waals surface area (Å²) in [5.41, 5.74) is 9.51. The molecule has 3 nitrogen and oxygen atoms in total. The lowest BCUT2D eigenvalue weighted by atomic mass is 10.1. The first-order chi connectivity index (χ1) is 8.36. The molecule has 1 aliphatic heterocycles. The van der Waals surface area contributed by atoms with Gasteiger partial charge < -0.3 is 10.7 Å². The van der Waals surface area contributed by atoms with Crippen molar-refractivity contribution in [3.63, 3.8) is 0 Å². The summed E-state index contributed by atoms with van der Waals surface area (Å²) in [4.78, 5) is 6.01. The summed E-state index contributed by atoms with van der Waals surface area (Å²) in [5, 5.41) is 1.28. The van der Waals surface area contributed by atoms with Gasteiger partial charge in [-0.3, -0.25) is 4.90 Å². The van der Waals surface area contributed by atoms with Crippen LogP contribution in [0.15, 0.2) is 24.3 Å². The van der Waals surface area contributed by atoms with Crippen molar-refractivity contribution in [2.45, 2.75) is 25.9 Å². The molecule has 1 fully saturated rings. The van der Waals surface area contributed by atoms with Gasteiger partial charge in [0.2, 0.25) is 0 Å². The maximum absolute atomic E-state index is 5.76. The van der Waals surface area contributed by atoms with Crippen molar-refractivity contribution in [2.75, 3.05) is 13.1 Å². The maximum Gasteiger partial charge on any atom is 0.0459 e. The van der Waals surface area contributed by atoms with Crippen LogP contribution in [-0.2, 0) is 13.1 Å². The summed E-state index contributed by atoms with van der Waals surface area (Å²) >= 11 is 0. The fraction of sp³-hybridized carbons (Fsp3) is 0.429. The summed E-state index contributed by atoms with van der Waals surface area (Å²) in [6.07, 6.45) is 2.68. The average molecular weight is 229 g/mol. The quantitative estimate of drug-likeness (QED) is 0.847. The molecule has 1 aliphatic rings. The van der Waals surface area contributed by atoms with Crippen molar-refractivity contribution in [1.29, 1.82) is 0 Å². The second-order valence-corrected chi connectivity index (χ2v) is 4.86. The summed E-state index contributed by atoms with van der Waals surface area (Å²) in [5.74, 6) is 0.